The molecular weight excluding hydrogens is 198 g/mol. The van der Waals surface area contributed by atoms with Crippen LogP contribution in [-0.4, -0.2) is 23.8 Å². The fourth-order valence-electron chi connectivity index (χ4n) is 1.42. The molecule has 1 amide bonds. The molecular formula is C10H11NO2S. The van der Waals surface area contributed by atoms with Gasteiger partial charge in [0.25, 0.3) is 0 Å². The number of aliphatic hydroxyl groups is 1. The van der Waals surface area contributed by atoms with Crippen LogP contribution in [0.5, 0.6) is 0 Å². The van der Waals surface area contributed by atoms with Crippen molar-refractivity contribution in [1.82, 2.24) is 0 Å². The van der Waals surface area contributed by atoms with E-state index in [4.69, 9.17) is 5.11 Å². The predicted molar refractivity (Wildman–Crippen MR) is 56.5 cm³/mol. The fraction of sp³-hybridized carbons (Fsp3) is 0.300. The number of anilines is 1. The summed E-state index contributed by atoms with van der Waals surface area (Å²) < 4.78 is 0. The van der Waals surface area contributed by atoms with E-state index in [-0.39, 0.29) is 12.5 Å². The van der Waals surface area contributed by atoms with Crippen LogP contribution in [0.15, 0.2) is 23.1 Å². The molecule has 14 heavy (non-hydrogen) atoms. The Morgan fingerprint density at radius 1 is 1.57 bits per heavy atom. The van der Waals surface area contributed by atoms with E-state index in [9.17, 15) is 4.79 Å². The minimum atomic E-state index is 0.0471. The van der Waals surface area contributed by atoms with Gasteiger partial charge in [0, 0.05) is 11.9 Å². The molecule has 0 atom stereocenters. The number of thioether (sulfide) groups is 1. The molecule has 0 saturated heterocycles. The summed E-state index contributed by atoms with van der Waals surface area (Å²) in [6, 6.07) is 5.66. The number of rotatable bonds is 1. The Hall–Kier alpha value is -1.00. The van der Waals surface area contributed by atoms with Crippen molar-refractivity contribution in [3.05, 3.63) is 23.8 Å². The second kappa shape index (κ2) is 3.63. The van der Waals surface area contributed by atoms with Crippen molar-refractivity contribution < 1.29 is 9.90 Å². The molecule has 4 heteroatoms. The number of carbonyl (C=O) groups is 1. The van der Waals surface area contributed by atoms with E-state index in [0.29, 0.717) is 5.75 Å². The molecule has 0 saturated carbocycles. The van der Waals surface area contributed by atoms with Crippen molar-refractivity contribution in [3.63, 3.8) is 0 Å². The number of fused-ring (bicyclic) bond motifs is 1. The van der Waals surface area contributed by atoms with E-state index >= 15 is 0 Å². The van der Waals surface area contributed by atoms with E-state index in [0.717, 1.165) is 16.1 Å². The molecule has 1 aliphatic rings. The molecule has 1 aromatic rings. The summed E-state index contributed by atoms with van der Waals surface area (Å²) in [5.41, 5.74) is 1.82. The molecule has 1 heterocycles. The van der Waals surface area contributed by atoms with Gasteiger partial charge in [-0.05, 0) is 17.7 Å². The van der Waals surface area contributed by atoms with Gasteiger partial charge >= 0.3 is 0 Å². The van der Waals surface area contributed by atoms with Crippen molar-refractivity contribution in [1.29, 1.82) is 0 Å². The quantitative estimate of drug-likeness (QED) is 0.756. The molecule has 74 valence electrons. The van der Waals surface area contributed by atoms with Crippen molar-refractivity contribution in [2.75, 3.05) is 17.7 Å². The van der Waals surface area contributed by atoms with E-state index in [1.165, 1.54) is 11.8 Å². The Kier molecular flexibility index (Phi) is 2.48. The van der Waals surface area contributed by atoms with Gasteiger partial charge in [0.05, 0.1) is 18.0 Å². The summed E-state index contributed by atoms with van der Waals surface area (Å²) >= 11 is 1.53. The van der Waals surface area contributed by atoms with Crippen LogP contribution in [0.2, 0.25) is 0 Å². The average molecular weight is 209 g/mol. The lowest BCUT2D eigenvalue weighted by Gasteiger charge is -2.25. The normalized spacial score (nSPS) is 15.6. The van der Waals surface area contributed by atoms with Crippen LogP contribution in [0.3, 0.4) is 0 Å². The molecule has 1 aromatic carbocycles. The molecule has 0 aliphatic carbocycles. The fourth-order valence-corrected chi connectivity index (χ4v) is 2.48. The molecule has 0 unspecified atom stereocenters. The van der Waals surface area contributed by atoms with Crippen LogP contribution in [-0.2, 0) is 11.4 Å². The molecule has 1 aliphatic heterocycles. The summed E-state index contributed by atoms with van der Waals surface area (Å²) in [7, 11) is 1.78. The zero-order chi connectivity index (χ0) is 10.1. The van der Waals surface area contributed by atoms with Gasteiger partial charge < -0.3 is 10.0 Å². The highest BCUT2D eigenvalue weighted by Gasteiger charge is 2.21. The van der Waals surface area contributed by atoms with Gasteiger partial charge in [-0.15, -0.1) is 11.8 Å². The SMILES string of the molecule is CN1C(=O)CSc2cc(CO)ccc21. The zero-order valence-electron chi connectivity index (χ0n) is 7.86. The number of hydrogen-bond donors (Lipinski definition) is 1. The third-order valence-corrected chi connectivity index (χ3v) is 3.32. The Morgan fingerprint density at radius 3 is 3.07 bits per heavy atom. The number of aliphatic hydroxyl groups excluding tert-OH is 1. The second-order valence-corrected chi connectivity index (χ2v) is 4.22. The maximum Gasteiger partial charge on any atom is 0.237 e. The van der Waals surface area contributed by atoms with Gasteiger partial charge in [-0.25, -0.2) is 0 Å². The first-order valence-electron chi connectivity index (χ1n) is 4.35. The van der Waals surface area contributed by atoms with Crippen molar-refractivity contribution in [3.8, 4) is 0 Å². The van der Waals surface area contributed by atoms with Crippen LogP contribution < -0.4 is 4.90 Å². The lowest BCUT2D eigenvalue weighted by atomic mass is 10.2. The molecule has 0 bridgehead atoms. The Bertz CT molecular complexity index is 378. The van der Waals surface area contributed by atoms with Crippen molar-refractivity contribution >= 4 is 23.4 Å². The van der Waals surface area contributed by atoms with Gasteiger partial charge in [-0.3, -0.25) is 4.79 Å². The number of nitrogens with zero attached hydrogens (tertiary/aromatic N) is 1. The molecule has 0 aromatic heterocycles. The first-order valence-corrected chi connectivity index (χ1v) is 5.34. The second-order valence-electron chi connectivity index (χ2n) is 3.20. The maximum absolute atomic E-state index is 11.4. The van der Waals surface area contributed by atoms with Crippen LogP contribution >= 0.6 is 11.8 Å². The largest absolute Gasteiger partial charge is 0.392 e. The van der Waals surface area contributed by atoms with Gasteiger partial charge in [0.2, 0.25) is 5.91 Å². The van der Waals surface area contributed by atoms with Crippen LogP contribution in [0.1, 0.15) is 5.56 Å². The first kappa shape index (κ1) is 9.55. The summed E-state index contributed by atoms with van der Waals surface area (Å²) in [5, 5.41) is 8.97. The molecule has 2 rings (SSSR count). The minimum absolute atomic E-state index is 0.0471. The molecule has 0 fully saturated rings. The summed E-state index contributed by atoms with van der Waals surface area (Å²) in [5.74, 6) is 0.609. The van der Waals surface area contributed by atoms with Crippen LogP contribution in [0.25, 0.3) is 0 Å². The van der Waals surface area contributed by atoms with Crippen LogP contribution in [0, 0.1) is 0 Å². The number of amides is 1. The lowest BCUT2D eigenvalue weighted by Crippen LogP contribution is -2.31. The van der Waals surface area contributed by atoms with E-state index < -0.39 is 0 Å². The highest BCUT2D eigenvalue weighted by Crippen LogP contribution is 2.34. The van der Waals surface area contributed by atoms with Gasteiger partial charge in [0.15, 0.2) is 0 Å². The van der Waals surface area contributed by atoms with Gasteiger partial charge in [-0.1, -0.05) is 6.07 Å². The molecule has 0 spiro atoms. The summed E-state index contributed by atoms with van der Waals surface area (Å²) in [6.45, 7) is 0.0471. The summed E-state index contributed by atoms with van der Waals surface area (Å²) in [6.07, 6.45) is 0. The Labute approximate surface area is 86.7 Å². The molecule has 1 N–H and O–H groups in total. The lowest BCUT2D eigenvalue weighted by molar-refractivity contribution is -0.116. The average Bonchev–Trinajstić information content (AvgIpc) is 2.23. The van der Waals surface area contributed by atoms with Gasteiger partial charge in [-0.2, -0.15) is 0 Å². The maximum atomic E-state index is 11.4. The molecule has 3 nitrogen and oxygen atoms in total. The number of carbonyl (C=O) groups excluding carboxylic acids is 1. The zero-order valence-corrected chi connectivity index (χ0v) is 8.67. The Balaban J connectivity index is 2.43. The number of benzene rings is 1. The smallest absolute Gasteiger partial charge is 0.237 e. The minimum Gasteiger partial charge on any atom is -0.392 e. The van der Waals surface area contributed by atoms with Crippen molar-refractivity contribution in [2.45, 2.75) is 11.5 Å². The number of hydrogen-bond acceptors (Lipinski definition) is 3. The monoisotopic (exact) mass is 209 g/mol. The van der Waals surface area contributed by atoms with E-state index in [2.05, 4.69) is 0 Å². The van der Waals surface area contributed by atoms with Crippen LogP contribution in [0.4, 0.5) is 5.69 Å². The highest BCUT2D eigenvalue weighted by atomic mass is 32.2. The first-order chi connectivity index (χ1) is 6.72. The standard InChI is InChI=1S/C10H11NO2S/c1-11-8-3-2-7(5-12)4-9(8)14-6-10(11)13/h2-4,12H,5-6H2,1H3. The van der Waals surface area contributed by atoms with Gasteiger partial charge in [0.1, 0.15) is 0 Å². The third-order valence-electron chi connectivity index (χ3n) is 2.29. The van der Waals surface area contributed by atoms with E-state index in [1.54, 1.807) is 11.9 Å². The summed E-state index contributed by atoms with van der Waals surface area (Å²) in [4.78, 5) is 14.1. The topological polar surface area (TPSA) is 40.5 Å². The predicted octanol–water partition coefficient (Wildman–Crippen LogP) is 1.25. The Morgan fingerprint density at radius 2 is 2.36 bits per heavy atom. The molecule has 0 radical (unpaired) electrons. The third kappa shape index (κ3) is 1.51. The highest BCUT2D eigenvalue weighted by molar-refractivity contribution is 8.00. The van der Waals surface area contributed by atoms with E-state index in [1.807, 2.05) is 18.2 Å². The van der Waals surface area contributed by atoms with Crippen molar-refractivity contribution in [2.24, 2.45) is 0 Å².